The van der Waals surface area contributed by atoms with Crippen molar-refractivity contribution < 1.29 is 14.3 Å². The molecule has 1 heterocycles. The number of methoxy groups -OCH3 is 1. The Bertz CT molecular complexity index is 260. The van der Waals surface area contributed by atoms with Crippen molar-refractivity contribution in [3.8, 4) is 0 Å². The van der Waals surface area contributed by atoms with E-state index >= 15 is 0 Å². The molecule has 3 nitrogen and oxygen atoms in total. The normalized spacial score (nSPS) is 20.8. The van der Waals surface area contributed by atoms with Gasteiger partial charge in [-0.05, 0) is 25.7 Å². The molecule has 0 bridgehead atoms. The number of unbranched alkanes of at least 4 members (excludes halogenated alkanes) is 2. The van der Waals surface area contributed by atoms with Gasteiger partial charge in [0.05, 0.1) is 6.10 Å². The van der Waals surface area contributed by atoms with E-state index < -0.39 is 0 Å². The number of esters is 1. The summed E-state index contributed by atoms with van der Waals surface area (Å²) < 4.78 is 10.7. The van der Waals surface area contributed by atoms with E-state index in [-0.39, 0.29) is 12.1 Å². The molecule has 1 aliphatic rings. The molecule has 1 rings (SSSR count). The van der Waals surface area contributed by atoms with Crippen molar-refractivity contribution >= 4 is 5.97 Å². The Balaban J connectivity index is 2.11. The van der Waals surface area contributed by atoms with Crippen LogP contribution < -0.4 is 0 Å². The molecule has 0 aliphatic carbocycles. The number of rotatable bonds is 9. The molecule has 0 spiro atoms. The van der Waals surface area contributed by atoms with Crippen LogP contribution >= 0.6 is 0 Å². The minimum absolute atomic E-state index is 0.0793. The first-order chi connectivity index (χ1) is 8.76. The van der Waals surface area contributed by atoms with Crippen LogP contribution in [0.3, 0.4) is 0 Å². The maximum absolute atomic E-state index is 11.1. The number of cyclic esters (lactones) is 1. The van der Waals surface area contributed by atoms with Gasteiger partial charge in [-0.3, -0.25) is 0 Å². The molecule has 3 heteroatoms. The highest BCUT2D eigenvalue weighted by atomic mass is 16.5. The van der Waals surface area contributed by atoms with Crippen LogP contribution in [-0.2, 0) is 14.3 Å². The predicted octanol–water partition coefficient (Wildman–Crippen LogP) is 3.62. The number of ether oxygens (including phenoxy) is 2. The van der Waals surface area contributed by atoms with E-state index in [1.54, 1.807) is 7.11 Å². The maximum Gasteiger partial charge on any atom is 0.330 e. The second-order valence-corrected chi connectivity index (χ2v) is 4.98. The highest BCUT2D eigenvalue weighted by Crippen LogP contribution is 2.17. The van der Waals surface area contributed by atoms with Crippen LogP contribution in [0.25, 0.3) is 0 Å². The summed E-state index contributed by atoms with van der Waals surface area (Å²) in [5, 5.41) is 0. The number of hydrogen-bond donors (Lipinski definition) is 0. The zero-order chi connectivity index (χ0) is 13.2. The molecule has 0 aromatic carbocycles. The van der Waals surface area contributed by atoms with E-state index in [4.69, 9.17) is 9.47 Å². The summed E-state index contributed by atoms with van der Waals surface area (Å²) in [5.41, 5.74) is 0. The standard InChI is InChI=1S/C15H26O3/c1-3-4-5-8-13(17-2)9-6-10-14-11-7-12-15(16)18-14/h7,12-14H,3-6,8-11H2,1-2H3/t13-,14-/m1/s1. The average molecular weight is 254 g/mol. The topological polar surface area (TPSA) is 35.5 Å². The summed E-state index contributed by atoms with van der Waals surface area (Å²) in [7, 11) is 1.79. The number of carbonyl (C=O) groups is 1. The molecule has 0 amide bonds. The summed E-state index contributed by atoms with van der Waals surface area (Å²) in [6.07, 6.45) is 12.7. The van der Waals surface area contributed by atoms with Crippen molar-refractivity contribution in [2.45, 2.75) is 70.5 Å². The Morgan fingerprint density at radius 1 is 1.39 bits per heavy atom. The van der Waals surface area contributed by atoms with Crippen LogP contribution in [-0.4, -0.2) is 25.3 Å². The van der Waals surface area contributed by atoms with E-state index in [1.807, 2.05) is 6.08 Å². The quantitative estimate of drug-likeness (QED) is 0.465. The highest BCUT2D eigenvalue weighted by Gasteiger charge is 2.16. The first-order valence-electron chi connectivity index (χ1n) is 7.16. The average Bonchev–Trinajstić information content (AvgIpc) is 2.37. The lowest BCUT2D eigenvalue weighted by Gasteiger charge is -2.20. The lowest BCUT2D eigenvalue weighted by molar-refractivity contribution is -0.144. The molecule has 0 N–H and O–H groups in total. The summed E-state index contributed by atoms with van der Waals surface area (Å²) in [5.74, 6) is -0.197. The van der Waals surface area contributed by atoms with Gasteiger partial charge in [-0.2, -0.15) is 0 Å². The summed E-state index contributed by atoms with van der Waals surface area (Å²) in [6, 6.07) is 0. The van der Waals surface area contributed by atoms with E-state index in [0.29, 0.717) is 6.10 Å². The molecule has 0 aromatic heterocycles. The third-order valence-corrected chi connectivity index (χ3v) is 3.45. The fourth-order valence-electron chi connectivity index (χ4n) is 2.32. The van der Waals surface area contributed by atoms with Crippen molar-refractivity contribution in [2.75, 3.05) is 7.11 Å². The molecule has 1 aliphatic heterocycles. The Kier molecular flexibility index (Phi) is 7.74. The van der Waals surface area contributed by atoms with Crippen LogP contribution in [0.15, 0.2) is 12.2 Å². The van der Waals surface area contributed by atoms with Gasteiger partial charge in [-0.15, -0.1) is 0 Å². The molecule has 0 radical (unpaired) electrons. The van der Waals surface area contributed by atoms with Crippen LogP contribution in [0.1, 0.15) is 58.3 Å². The third-order valence-electron chi connectivity index (χ3n) is 3.45. The van der Waals surface area contributed by atoms with Crippen molar-refractivity contribution in [2.24, 2.45) is 0 Å². The zero-order valence-electron chi connectivity index (χ0n) is 11.7. The fraction of sp³-hybridized carbons (Fsp3) is 0.800. The maximum atomic E-state index is 11.1. The number of hydrogen-bond acceptors (Lipinski definition) is 3. The van der Waals surface area contributed by atoms with Crippen LogP contribution in [0.2, 0.25) is 0 Å². The lowest BCUT2D eigenvalue weighted by atomic mass is 10.0. The van der Waals surface area contributed by atoms with Gasteiger partial charge in [-0.25, -0.2) is 4.79 Å². The highest BCUT2D eigenvalue weighted by molar-refractivity contribution is 5.82. The molecular weight excluding hydrogens is 228 g/mol. The zero-order valence-corrected chi connectivity index (χ0v) is 11.7. The predicted molar refractivity (Wildman–Crippen MR) is 72.4 cm³/mol. The van der Waals surface area contributed by atoms with Gasteiger partial charge in [0.15, 0.2) is 0 Å². The molecule has 0 aromatic rings. The van der Waals surface area contributed by atoms with E-state index in [1.165, 1.54) is 25.3 Å². The molecule has 104 valence electrons. The first kappa shape index (κ1) is 15.2. The Morgan fingerprint density at radius 3 is 2.83 bits per heavy atom. The second-order valence-electron chi connectivity index (χ2n) is 4.98. The van der Waals surface area contributed by atoms with Gasteiger partial charge in [0.1, 0.15) is 6.10 Å². The van der Waals surface area contributed by atoms with Gasteiger partial charge in [-0.1, -0.05) is 32.3 Å². The molecule has 0 saturated heterocycles. The molecule has 0 fully saturated rings. The molecule has 0 unspecified atom stereocenters. The molecular formula is C15H26O3. The van der Waals surface area contributed by atoms with Crippen molar-refractivity contribution in [1.82, 2.24) is 0 Å². The number of carbonyl (C=O) groups excluding carboxylic acids is 1. The Labute approximate surface area is 111 Å². The molecule has 18 heavy (non-hydrogen) atoms. The van der Waals surface area contributed by atoms with Gasteiger partial charge < -0.3 is 9.47 Å². The van der Waals surface area contributed by atoms with Crippen LogP contribution in [0, 0.1) is 0 Å². The summed E-state index contributed by atoms with van der Waals surface area (Å²) in [4.78, 5) is 11.1. The minimum Gasteiger partial charge on any atom is -0.459 e. The second kappa shape index (κ2) is 9.15. The Morgan fingerprint density at radius 2 is 2.17 bits per heavy atom. The fourth-order valence-corrected chi connectivity index (χ4v) is 2.32. The third kappa shape index (κ3) is 6.20. The van der Waals surface area contributed by atoms with Crippen LogP contribution in [0.5, 0.6) is 0 Å². The summed E-state index contributed by atoms with van der Waals surface area (Å²) in [6.45, 7) is 2.22. The SMILES string of the molecule is CCCCC[C@H](CCC[C@@H]1CC=CC(=O)O1)OC. The van der Waals surface area contributed by atoms with Gasteiger partial charge in [0.25, 0.3) is 0 Å². The lowest BCUT2D eigenvalue weighted by Crippen LogP contribution is -2.20. The molecule has 0 saturated carbocycles. The first-order valence-corrected chi connectivity index (χ1v) is 7.16. The van der Waals surface area contributed by atoms with E-state index in [9.17, 15) is 4.79 Å². The largest absolute Gasteiger partial charge is 0.459 e. The monoisotopic (exact) mass is 254 g/mol. The Hall–Kier alpha value is -0.830. The molecule has 2 atom stereocenters. The van der Waals surface area contributed by atoms with Gasteiger partial charge >= 0.3 is 5.97 Å². The van der Waals surface area contributed by atoms with Gasteiger partial charge in [0, 0.05) is 19.6 Å². The van der Waals surface area contributed by atoms with Crippen molar-refractivity contribution in [3.63, 3.8) is 0 Å². The van der Waals surface area contributed by atoms with Crippen molar-refractivity contribution in [1.29, 1.82) is 0 Å². The van der Waals surface area contributed by atoms with Crippen molar-refractivity contribution in [3.05, 3.63) is 12.2 Å². The van der Waals surface area contributed by atoms with Crippen LogP contribution in [0.4, 0.5) is 0 Å². The van der Waals surface area contributed by atoms with E-state index in [2.05, 4.69) is 6.92 Å². The van der Waals surface area contributed by atoms with Gasteiger partial charge in [0.2, 0.25) is 0 Å². The van der Waals surface area contributed by atoms with E-state index in [0.717, 1.165) is 32.1 Å². The minimum atomic E-state index is -0.197. The smallest absolute Gasteiger partial charge is 0.330 e. The summed E-state index contributed by atoms with van der Waals surface area (Å²) >= 11 is 0.